The Morgan fingerprint density at radius 3 is 1.88 bits per heavy atom. The molecule has 90 valence electrons. The van der Waals surface area contributed by atoms with Crippen molar-refractivity contribution < 1.29 is 0 Å². The van der Waals surface area contributed by atoms with Gasteiger partial charge >= 0.3 is 0 Å². The predicted octanol–water partition coefficient (Wildman–Crippen LogP) is 2.77. The van der Waals surface area contributed by atoms with E-state index in [-0.39, 0.29) is 0 Å². The lowest BCUT2D eigenvalue weighted by atomic mass is 10.1. The van der Waals surface area contributed by atoms with E-state index >= 15 is 0 Å². The van der Waals surface area contributed by atoms with Gasteiger partial charge in [-0.2, -0.15) is 0 Å². The van der Waals surface area contributed by atoms with E-state index in [4.69, 9.17) is 5.73 Å². The van der Waals surface area contributed by atoms with Crippen molar-refractivity contribution in [2.45, 2.75) is 39.8 Å². The molecule has 0 heterocycles. The minimum Gasteiger partial charge on any atom is -0.326 e. The van der Waals surface area contributed by atoms with Crippen LogP contribution < -0.4 is 5.73 Å². The molecule has 1 aromatic rings. The van der Waals surface area contributed by atoms with Crippen molar-refractivity contribution in [1.82, 2.24) is 4.90 Å². The lowest BCUT2D eigenvalue weighted by molar-refractivity contribution is 0.266. The van der Waals surface area contributed by atoms with Crippen LogP contribution in [-0.4, -0.2) is 18.0 Å². The molecule has 2 N–H and O–H groups in total. The van der Waals surface area contributed by atoms with Gasteiger partial charge in [0, 0.05) is 13.1 Å². The van der Waals surface area contributed by atoms with E-state index in [2.05, 4.69) is 43.0 Å². The number of nitrogens with two attached hydrogens (primary N) is 1. The zero-order chi connectivity index (χ0) is 11.8. The molecule has 0 aromatic heterocycles. The van der Waals surface area contributed by atoms with Crippen LogP contribution in [0.3, 0.4) is 0 Å². The van der Waals surface area contributed by atoms with Gasteiger partial charge in [0.2, 0.25) is 0 Å². The van der Waals surface area contributed by atoms with E-state index in [1.165, 1.54) is 37.1 Å². The Balaban J connectivity index is 2.54. The molecule has 0 saturated heterocycles. The largest absolute Gasteiger partial charge is 0.326 e. The van der Waals surface area contributed by atoms with Gasteiger partial charge < -0.3 is 5.73 Å². The van der Waals surface area contributed by atoms with Crippen LogP contribution >= 0.6 is 0 Å². The number of hydrogen-bond acceptors (Lipinski definition) is 2. The summed E-state index contributed by atoms with van der Waals surface area (Å²) in [7, 11) is 0. The molecule has 0 bridgehead atoms. The fourth-order valence-electron chi connectivity index (χ4n) is 1.94. The van der Waals surface area contributed by atoms with Crippen molar-refractivity contribution in [1.29, 1.82) is 0 Å². The molecular formula is C14H24N2. The number of nitrogens with zero attached hydrogens (tertiary/aromatic N) is 1. The Labute approximate surface area is 99.5 Å². The summed E-state index contributed by atoms with van der Waals surface area (Å²) in [5.41, 5.74) is 8.18. The lowest BCUT2D eigenvalue weighted by Crippen LogP contribution is -2.24. The monoisotopic (exact) mass is 220 g/mol. The molecule has 0 fully saturated rings. The second-order valence-electron chi connectivity index (χ2n) is 4.30. The fourth-order valence-corrected chi connectivity index (χ4v) is 1.94. The molecule has 0 aliphatic heterocycles. The third kappa shape index (κ3) is 4.33. The molecule has 0 spiro atoms. The summed E-state index contributed by atoms with van der Waals surface area (Å²) in [4.78, 5) is 2.51. The summed E-state index contributed by atoms with van der Waals surface area (Å²) in [6, 6.07) is 8.65. The van der Waals surface area contributed by atoms with Gasteiger partial charge in [0.15, 0.2) is 0 Å². The van der Waals surface area contributed by atoms with Crippen LogP contribution in [0, 0.1) is 0 Å². The first-order valence-corrected chi connectivity index (χ1v) is 6.30. The SMILES string of the molecule is CCCN(CCC)Cc1ccc(CN)cc1. The van der Waals surface area contributed by atoms with E-state index in [1.807, 2.05) is 0 Å². The molecule has 16 heavy (non-hydrogen) atoms. The smallest absolute Gasteiger partial charge is 0.0233 e. The maximum atomic E-state index is 5.59. The van der Waals surface area contributed by atoms with Gasteiger partial charge in [-0.3, -0.25) is 4.90 Å². The van der Waals surface area contributed by atoms with Crippen LogP contribution in [0.4, 0.5) is 0 Å². The van der Waals surface area contributed by atoms with Crippen molar-refractivity contribution in [3.63, 3.8) is 0 Å². The molecule has 1 aromatic carbocycles. The Morgan fingerprint density at radius 2 is 1.44 bits per heavy atom. The standard InChI is InChI=1S/C14H24N2/c1-3-9-16(10-4-2)12-14-7-5-13(11-15)6-8-14/h5-8H,3-4,9-12,15H2,1-2H3. The first kappa shape index (κ1) is 13.2. The molecule has 0 amide bonds. The molecular weight excluding hydrogens is 196 g/mol. The van der Waals surface area contributed by atoms with Crippen molar-refractivity contribution >= 4 is 0 Å². The van der Waals surface area contributed by atoms with E-state index in [0.29, 0.717) is 6.54 Å². The van der Waals surface area contributed by atoms with Crippen molar-refractivity contribution in [3.05, 3.63) is 35.4 Å². The molecule has 2 heteroatoms. The zero-order valence-corrected chi connectivity index (χ0v) is 10.6. The van der Waals surface area contributed by atoms with Gasteiger partial charge in [0.25, 0.3) is 0 Å². The summed E-state index contributed by atoms with van der Waals surface area (Å²) in [5.74, 6) is 0. The van der Waals surface area contributed by atoms with E-state index < -0.39 is 0 Å². The highest BCUT2D eigenvalue weighted by Gasteiger charge is 2.03. The van der Waals surface area contributed by atoms with Gasteiger partial charge in [-0.15, -0.1) is 0 Å². The Kier molecular flexibility index (Phi) is 6.12. The van der Waals surface area contributed by atoms with Gasteiger partial charge in [-0.25, -0.2) is 0 Å². The van der Waals surface area contributed by atoms with Crippen LogP contribution in [0.1, 0.15) is 37.8 Å². The zero-order valence-electron chi connectivity index (χ0n) is 10.6. The Hall–Kier alpha value is -0.860. The highest BCUT2D eigenvalue weighted by atomic mass is 15.1. The van der Waals surface area contributed by atoms with Gasteiger partial charge in [0.1, 0.15) is 0 Å². The molecule has 0 atom stereocenters. The van der Waals surface area contributed by atoms with E-state index in [9.17, 15) is 0 Å². The second-order valence-corrected chi connectivity index (χ2v) is 4.30. The lowest BCUT2D eigenvalue weighted by Gasteiger charge is -2.21. The average molecular weight is 220 g/mol. The Bertz CT molecular complexity index is 273. The first-order chi connectivity index (χ1) is 7.80. The molecule has 0 radical (unpaired) electrons. The molecule has 1 rings (SSSR count). The molecule has 2 nitrogen and oxygen atoms in total. The normalized spacial score (nSPS) is 11.0. The number of rotatable bonds is 7. The predicted molar refractivity (Wildman–Crippen MR) is 70.2 cm³/mol. The quantitative estimate of drug-likeness (QED) is 0.765. The topological polar surface area (TPSA) is 29.3 Å². The average Bonchev–Trinajstić information content (AvgIpc) is 2.31. The first-order valence-electron chi connectivity index (χ1n) is 6.30. The molecule has 0 saturated carbocycles. The number of hydrogen-bond donors (Lipinski definition) is 1. The summed E-state index contributed by atoms with van der Waals surface area (Å²) in [5, 5.41) is 0. The minimum absolute atomic E-state index is 0.633. The summed E-state index contributed by atoms with van der Waals surface area (Å²) >= 11 is 0. The van der Waals surface area contributed by atoms with Gasteiger partial charge in [0.05, 0.1) is 0 Å². The summed E-state index contributed by atoms with van der Waals surface area (Å²) in [6.07, 6.45) is 2.45. The number of benzene rings is 1. The molecule has 0 aliphatic carbocycles. The maximum absolute atomic E-state index is 5.59. The van der Waals surface area contributed by atoms with Gasteiger partial charge in [-0.1, -0.05) is 38.1 Å². The third-order valence-electron chi connectivity index (χ3n) is 2.74. The van der Waals surface area contributed by atoms with Crippen molar-refractivity contribution in [2.75, 3.05) is 13.1 Å². The highest BCUT2D eigenvalue weighted by molar-refractivity contribution is 5.22. The summed E-state index contributed by atoms with van der Waals surface area (Å²) in [6.45, 7) is 8.54. The summed E-state index contributed by atoms with van der Waals surface area (Å²) < 4.78 is 0. The highest BCUT2D eigenvalue weighted by Crippen LogP contribution is 2.08. The van der Waals surface area contributed by atoms with Crippen LogP contribution in [0.2, 0.25) is 0 Å². The van der Waals surface area contributed by atoms with Gasteiger partial charge in [-0.05, 0) is 37.1 Å². The third-order valence-corrected chi connectivity index (χ3v) is 2.74. The maximum Gasteiger partial charge on any atom is 0.0233 e. The minimum atomic E-state index is 0.633. The van der Waals surface area contributed by atoms with Crippen molar-refractivity contribution in [2.24, 2.45) is 5.73 Å². The second kappa shape index (κ2) is 7.42. The van der Waals surface area contributed by atoms with E-state index in [0.717, 1.165) is 6.54 Å². The Morgan fingerprint density at radius 1 is 0.938 bits per heavy atom. The van der Waals surface area contributed by atoms with Crippen LogP contribution in [-0.2, 0) is 13.1 Å². The van der Waals surface area contributed by atoms with E-state index in [1.54, 1.807) is 0 Å². The molecule has 0 unspecified atom stereocenters. The fraction of sp³-hybridized carbons (Fsp3) is 0.571. The van der Waals surface area contributed by atoms with Crippen LogP contribution in [0.15, 0.2) is 24.3 Å². The van der Waals surface area contributed by atoms with Crippen LogP contribution in [0.25, 0.3) is 0 Å². The van der Waals surface area contributed by atoms with Crippen molar-refractivity contribution in [3.8, 4) is 0 Å². The van der Waals surface area contributed by atoms with Crippen LogP contribution in [0.5, 0.6) is 0 Å². The molecule has 0 aliphatic rings.